The Labute approximate surface area is 184 Å². The molecule has 0 unspecified atom stereocenters. The number of rotatable bonds is 4. The predicted octanol–water partition coefficient (Wildman–Crippen LogP) is 2.92. The van der Waals surface area contributed by atoms with Gasteiger partial charge in [0.05, 0.1) is 17.3 Å². The van der Waals surface area contributed by atoms with E-state index in [2.05, 4.69) is 5.32 Å². The van der Waals surface area contributed by atoms with Crippen LogP contribution in [0.2, 0.25) is 10.0 Å². The first-order valence-electron chi connectivity index (χ1n) is 9.64. The summed E-state index contributed by atoms with van der Waals surface area (Å²) in [6, 6.07) is 12.2. The highest BCUT2D eigenvalue weighted by Gasteiger charge is 2.32. The number of hydrogen-bond donors (Lipinski definition) is 1. The molecule has 1 atom stereocenters. The van der Waals surface area contributed by atoms with Crippen LogP contribution in [0.1, 0.15) is 0 Å². The molecule has 1 fully saturated rings. The topological polar surface area (TPSA) is 71.1 Å². The van der Waals surface area contributed by atoms with Gasteiger partial charge in [0.15, 0.2) is 11.5 Å². The van der Waals surface area contributed by atoms with Crippen molar-refractivity contribution in [2.24, 2.45) is 0 Å². The van der Waals surface area contributed by atoms with Gasteiger partial charge in [0, 0.05) is 31.2 Å². The van der Waals surface area contributed by atoms with Gasteiger partial charge in [-0.2, -0.15) is 0 Å². The molecule has 9 heteroatoms. The standard InChI is InChI=1S/C21H21Cl2N3O4/c22-14-5-6-15(23)16(11-14)24-20(27)12-25-7-9-26(10-8-25)21(28)19-13-29-17-3-1-2-4-18(17)30-19/h1-6,11,19H,7-10,12-13H2,(H,24,27)/t19-/m1/s1. The fourth-order valence-electron chi connectivity index (χ4n) is 3.46. The van der Waals surface area contributed by atoms with E-state index in [1.54, 1.807) is 29.2 Å². The molecule has 2 aliphatic heterocycles. The molecular weight excluding hydrogens is 429 g/mol. The molecule has 1 saturated heterocycles. The molecule has 0 spiro atoms. The first kappa shape index (κ1) is 20.8. The Morgan fingerprint density at radius 2 is 1.77 bits per heavy atom. The Bertz CT molecular complexity index is 948. The minimum absolute atomic E-state index is 0.0979. The molecule has 0 bridgehead atoms. The number of para-hydroxylation sites is 2. The van der Waals surface area contributed by atoms with E-state index >= 15 is 0 Å². The summed E-state index contributed by atoms with van der Waals surface area (Å²) in [5.41, 5.74) is 0.484. The number of halogens is 2. The van der Waals surface area contributed by atoms with Gasteiger partial charge in [-0.25, -0.2) is 0 Å². The zero-order valence-electron chi connectivity index (χ0n) is 16.1. The van der Waals surface area contributed by atoms with E-state index in [0.717, 1.165) is 0 Å². The van der Waals surface area contributed by atoms with Gasteiger partial charge in [-0.1, -0.05) is 35.3 Å². The van der Waals surface area contributed by atoms with E-state index in [-0.39, 0.29) is 25.0 Å². The summed E-state index contributed by atoms with van der Waals surface area (Å²) in [5.74, 6) is 0.952. The van der Waals surface area contributed by atoms with Gasteiger partial charge < -0.3 is 19.7 Å². The van der Waals surface area contributed by atoms with Crippen molar-refractivity contribution in [2.75, 3.05) is 44.6 Å². The van der Waals surface area contributed by atoms with E-state index in [9.17, 15) is 9.59 Å². The van der Waals surface area contributed by atoms with Crippen LogP contribution in [-0.2, 0) is 9.59 Å². The first-order valence-corrected chi connectivity index (χ1v) is 10.4. The number of ether oxygens (including phenoxy) is 2. The number of nitrogens with one attached hydrogen (secondary N) is 1. The summed E-state index contributed by atoms with van der Waals surface area (Å²) < 4.78 is 11.4. The lowest BCUT2D eigenvalue weighted by Crippen LogP contribution is -2.54. The monoisotopic (exact) mass is 449 g/mol. The highest BCUT2D eigenvalue weighted by atomic mass is 35.5. The van der Waals surface area contributed by atoms with Gasteiger partial charge in [0.1, 0.15) is 6.61 Å². The third-order valence-corrected chi connectivity index (χ3v) is 5.60. The lowest BCUT2D eigenvalue weighted by molar-refractivity contribution is -0.143. The molecule has 4 rings (SSSR count). The third-order valence-electron chi connectivity index (χ3n) is 5.04. The second-order valence-corrected chi connectivity index (χ2v) is 7.98. The maximum Gasteiger partial charge on any atom is 0.267 e. The highest BCUT2D eigenvalue weighted by Crippen LogP contribution is 2.31. The number of piperazine rings is 1. The number of benzene rings is 2. The SMILES string of the molecule is O=C(CN1CCN(C(=O)[C@H]2COc3ccccc3O2)CC1)Nc1cc(Cl)ccc1Cl. The molecule has 0 aliphatic carbocycles. The minimum Gasteiger partial charge on any atom is -0.485 e. The Morgan fingerprint density at radius 3 is 2.53 bits per heavy atom. The first-order chi connectivity index (χ1) is 14.5. The van der Waals surface area contributed by atoms with Gasteiger partial charge in [-0.3, -0.25) is 14.5 Å². The van der Waals surface area contributed by atoms with Crippen LogP contribution in [0, 0.1) is 0 Å². The number of fused-ring (bicyclic) bond motifs is 1. The molecule has 2 amide bonds. The van der Waals surface area contributed by atoms with Crippen molar-refractivity contribution in [3.8, 4) is 11.5 Å². The van der Waals surface area contributed by atoms with Crippen LogP contribution in [-0.4, -0.2) is 67.0 Å². The normalized spacial score (nSPS) is 18.7. The molecule has 2 aromatic rings. The fraction of sp³-hybridized carbons (Fsp3) is 0.333. The highest BCUT2D eigenvalue weighted by molar-refractivity contribution is 6.35. The van der Waals surface area contributed by atoms with Crippen LogP contribution in [0.15, 0.2) is 42.5 Å². The lowest BCUT2D eigenvalue weighted by atomic mass is 10.2. The van der Waals surface area contributed by atoms with Crippen molar-refractivity contribution in [3.63, 3.8) is 0 Å². The maximum absolute atomic E-state index is 12.8. The molecule has 2 aromatic carbocycles. The number of carbonyl (C=O) groups excluding carboxylic acids is 2. The molecule has 30 heavy (non-hydrogen) atoms. The summed E-state index contributed by atoms with van der Waals surface area (Å²) in [6.07, 6.45) is -0.653. The Morgan fingerprint density at radius 1 is 1.03 bits per heavy atom. The summed E-state index contributed by atoms with van der Waals surface area (Å²) in [6.45, 7) is 2.62. The zero-order chi connectivity index (χ0) is 21.1. The summed E-state index contributed by atoms with van der Waals surface area (Å²) in [7, 11) is 0. The van der Waals surface area contributed by atoms with Crippen LogP contribution in [0.25, 0.3) is 0 Å². The molecule has 0 aromatic heterocycles. The minimum atomic E-state index is -0.653. The number of anilines is 1. The van der Waals surface area contributed by atoms with Crippen molar-refractivity contribution in [1.82, 2.24) is 9.80 Å². The van der Waals surface area contributed by atoms with Gasteiger partial charge in [-0.15, -0.1) is 0 Å². The average Bonchev–Trinajstić information content (AvgIpc) is 2.76. The van der Waals surface area contributed by atoms with Crippen LogP contribution in [0.5, 0.6) is 11.5 Å². The van der Waals surface area contributed by atoms with Crippen LogP contribution >= 0.6 is 23.2 Å². The molecule has 7 nitrogen and oxygen atoms in total. The number of hydrogen-bond acceptors (Lipinski definition) is 5. The molecular formula is C21H21Cl2N3O4. The van der Waals surface area contributed by atoms with Gasteiger partial charge >= 0.3 is 0 Å². The van der Waals surface area contributed by atoms with Crippen molar-refractivity contribution >= 4 is 40.7 Å². The van der Waals surface area contributed by atoms with Gasteiger partial charge in [-0.05, 0) is 30.3 Å². The van der Waals surface area contributed by atoms with Gasteiger partial charge in [0.25, 0.3) is 5.91 Å². The fourth-order valence-corrected chi connectivity index (χ4v) is 3.79. The second kappa shape index (κ2) is 9.12. The van der Waals surface area contributed by atoms with E-state index in [0.29, 0.717) is 53.4 Å². The predicted molar refractivity (Wildman–Crippen MR) is 114 cm³/mol. The number of carbonyl (C=O) groups is 2. The molecule has 1 N–H and O–H groups in total. The summed E-state index contributed by atoms with van der Waals surface area (Å²) >= 11 is 12.0. The van der Waals surface area contributed by atoms with E-state index in [1.165, 1.54) is 0 Å². The Balaban J connectivity index is 1.26. The molecule has 2 aliphatic rings. The average molecular weight is 450 g/mol. The molecule has 0 radical (unpaired) electrons. The van der Waals surface area contributed by atoms with Crippen LogP contribution in [0.3, 0.4) is 0 Å². The largest absolute Gasteiger partial charge is 0.485 e. The lowest BCUT2D eigenvalue weighted by Gasteiger charge is -2.36. The third kappa shape index (κ3) is 4.80. The summed E-state index contributed by atoms with van der Waals surface area (Å²) in [5, 5.41) is 3.71. The van der Waals surface area contributed by atoms with Gasteiger partial charge in [0.2, 0.25) is 12.0 Å². The quantitative estimate of drug-likeness (QED) is 0.776. The smallest absolute Gasteiger partial charge is 0.267 e. The summed E-state index contributed by atoms with van der Waals surface area (Å²) in [4.78, 5) is 28.9. The van der Waals surface area contributed by atoms with Crippen LogP contribution in [0.4, 0.5) is 5.69 Å². The number of amides is 2. The van der Waals surface area contributed by atoms with E-state index in [4.69, 9.17) is 32.7 Å². The molecule has 2 heterocycles. The van der Waals surface area contributed by atoms with Crippen molar-refractivity contribution in [3.05, 3.63) is 52.5 Å². The Kier molecular flexibility index (Phi) is 6.32. The van der Waals surface area contributed by atoms with E-state index < -0.39 is 6.10 Å². The zero-order valence-corrected chi connectivity index (χ0v) is 17.7. The van der Waals surface area contributed by atoms with Crippen LogP contribution < -0.4 is 14.8 Å². The number of nitrogens with zero attached hydrogens (tertiary/aromatic N) is 2. The molecule has 158 valence electrons. The van der Waals surface area contributed by atoms with Crippen molar-refractivity contribution in [1.29, 1.82) is 0 Å². The van der Waals surface area contributed by atoms with E-state index in [1.807, 2.05) is 23.1 Å². The second-order valence-electron chi connectivity index (χ2n) is 7.14. The van der Waals surface area contributed by atoms with Crippen molar-refractivity contribution in [2.45, 2.75) is 6.10 Å². The molecule has 0 saturated carbocycles. The van der Waals surface area contributed by atoms with Crippen molar-refractivity contribution < 1.29 is 19.1 Å². The Hall–Kier alpha value is -2.48. The maximum atomic E-state index is 12.8.